The number of H-pyrrole nitrogens is 1. The highest BCUT2D eigenvalue weighted by molar-refractivity contribution is 6.04. The van der Waals surface area contributed by atoms with Crippen LogP contribution in [0, 0.1) is 5.82 Å². The zero-order valence-electron chi connectivity index (χ0n) is 14.7. The Hall–Kier alpha value is -3.22. The molecular formula is C20H19FN4O2. The number of halogens is 1. The van der Waals surface area contributed by atoms with Crippen LogP contribution < -0.4 is 0 Å². The van der Waals surface area contributed by atoms with Crippen molar-refractivity contribution < 1.29 is 14.0 Å². The van der Waals surface area contributed by atoms with Crippen LogP contribution >= 0.6 is 0 Å². The molecule has 0 saturated carbocycles. The lowest BCUT2D eigenvalue weighted by Crippen LogP contribution is -2.37. The molecule has 6 nitrogen and oxygen atoms in total. The van der Waals surface area contributed by atoms with E-state index in [4.69, 9.17) is 0 Å². The third kappa shape index (κ3) is 3.40. The first-order chi connectivity index (χ1) is 13.1. The molecule has 1 fully saturated rings. The molecule has 1 aliphatic rings. The lowest BCUT2D eigenvalue weighted by Gasteiger charge is -2.22. The number of para-hydroxylation sites is 1. The number of aromatic nitrogens is 2. The molecule has 138 valence electrons. The zero-order chi connectivity index (χ0) is 18.8. The SMILES string of the molecule is O=C(c1cccc(F)c1)N1CCCN(C(=O)c2n[nH]c3ccccc23)CC1. The molecule has 27 heavy (non-hydrogen) atoms. The fourth-order valence-corrected chi connectivity index (χ4v) is 3.40. The average molecular weight is 366 g/mol. The largest absolute Gasteiger partial charge is 0.337 e. The Morgan fingerprint density at radius 2 is 1.67 bits per heavy atom. The van der Waals surface area contributed by atoms with E-state index >= 15 is 0 Å². The number of nitrogens with one attached hydrogen (secondary N) is 1. The molecule has 1 saturated heterocycles. The number of benzene rings is 2. The Balaban J connectivity index is 1.48. The second-order valence-electron chi connectivity index (χ2n) is 6.57. The normalized spacial score (nSPS) is 15.0. The topological polar surface area (TPSA) is 69.3 Å². The van der Waals surface area contributed by atoms with Gasteiger partial charge < -0.3 is 9.80 Å². The number of nitrogens with zero attached hydrogens (tertiary/aromatic N) is 3. The fourth-order valence-electron chi connectivity index (χ4n) is 3.40. The van der Waals surface area contributed by atoms with Crippen molar-refractivity contribution in [2.75, 3.05) is 26.2 Å². The van der Waals surface area contributed by atoms with Crippen molar-refractivity contribution in [1.82, 2.24) is 20.0 Å². The molecule has 0 aliphatic carbocycles. The Morgan fingerprint density at radius 1 is 0.926 bits per heavy atom. The van der Waals surface area contributed by atoms with Gasteiger partial charge in [0.1, 0.15) is 5.82 Å². The van der Waals surface area contributed by atoms with Gasteiger partial charge >= 0.3 is 0 Å². The highest BCUT2D eigenvalue weighted by atomic mass is 19.1. The second kappa shape index (κ2) is 7.19. The van der Waals surface area contributed by atoms with Crippen LogP contribution in [0.2, 0.25) is 0 Å². The van der Waals surface area contributed by atoms with E-state index in [1.807, 2.05) is 24.3 Å². The van der Waals surface area contributed by atoms with Gasteiger partial charge in [-0.1, -0.05) is 24.3 Å². The highest BCUT2D eigenvalue weighted by Gasteiger charge is 2.25. The van der Waals surface area contributed by atoms with Gasteiger partial charge in [0.25, 0.3) is 11.8 Å². The van der Waals surface area contributed by atoms with Crippen molar-refractivity contribution in [1.29, 1.82) is 0 Å². The number of aromatic amines is 1. The second-order valence-corrected chi connectivity index (χ2v) is 6.57. The summed E-state index contributed by atoms with van der Waals surface area (Å²) >= 11 is 0. The Labute approximate surface area is 155 Å². The number of rotatable bonds is 2. The van der Waals surface area contributed by atoms with E-state index < -0.39 is 5.82 Å². The van der Waals surface area contributed by atoms with E-state index in [-0.39, 0.29) is 11.8 Å². The van der Waals surface area contributed by atoms with Crippen LogP contribution in [-0.4, -0.2) is 58.0 Å². The minimum atomic E-state index is -0.433. The number of fused-ring (bicyclic) bond motifs is 1. The molecule has 0 unspecified atom stereocenters. The van der Waals surface area contributed by atoms with Crippen molar-refractivity contribution in [2.45, 2.75) is 6.42 Å². The molecule has 3 aromatic rings. The standard InChI is InChI=1S/C20H19FN4O2/c21-15-6-3-5-14(13-15)19(26)24-9-4-10-25(12-11-24)20(27)18-16-7-1-2-8-17(16)22-23-18/h1-3,5-8,13H,4,9-12H2,(H,22,23). The highest BCUT2D eigenvalue weighted by Crippen LogP contribution is 2.18. The van der Waals surface area contributed by atoms with Crippen molar-refractivity contribution in [3.05, 3.63) is 65.6 Å². The maximum atomic E-state index is 13.4. The molecule has 2 heterocycles. The molecule has 1 aliphatic heterocycles. The molecule has 0 spiro atoms. The van der Waals surface area contributed by atoms with Gasteiger partial charge in [0.05, 0.1) is 5.52 Å². The van der Waals surface area contributed by atoms with E-state index in [1.54, 1.807) is 15.9 Å². The predicted molar refractivity (Wildman–Crippen MR) is 98.9 cm³/mol. The molecular weight excluding hydrogens is 347 g/mol. The minimum Gasteiger partial charge on any atom is -0.337 e. The molecule has 1 aromatic heterocycles. The smallest absolute Gasteiger partial charge is 0.275 e. The van der Waals surface area contributed by atoms with Gasteiger partial charge in [0, 0.05) is 37.1 Å². The van der Waals surface area contributed by atoms with E-state index in [0.29, 0.717) is 43.9 Å². The number of hydrogen-bond acceptors (Lipinski definition) is 3. The number of amides is 2. The lowest BCUT2D eigenvalue weighted by molar-refractivity contribution is 0.0716. The summed E-state index contributed by atoms with van der Waals surface area (Å²) in [6.07, 6.45) is 0.662. The van der Waals surface area contributed by atoms with Crippen LogP contribution in [0.25, 0.3) is 10.9 Å². The summed E-state index contributed by atoms with van der Waals surface area (Å²) in [4.78, 5) is 28.9. The molecule has 7 heteroatoms. The van der Waals surface area contributed by atoms with Crippen molar-refractivity contribution in [2.24, 2.45) is 0 Å². The summed E-state index contributed by atoms with van der Waals surface area (Å²) in [5.74, 6) is -0.792. The summed E-state index contributed by atoms with van der Waals surface area (Å²) in [6.45, 7) is 1.90. The van der Waals surface area contributed by atoms with Crippen molar-refractivity contribution >= 4 is 22.7 Å². The van der Waals surface area contributed by atoms with Crippen LogP contribution in [0.1, 0.15) is 27.3 Å². The first-order valence-electron chi connectivity index (χ1n) is 8.91. The van der Waals surface area contributed by atoms with Crippen LogP contribution in [-0.2, 0) is 0 Å². The van der Waals surface area contributed by atoms with Gasteiger partial charge in [-0.15, -0.1) is 0 Å². The third-order valence-electron chi connectivity index (χ3n) is 4.81. The van der Waals surface area contributed by atoms with Crippen molar-refractivity contribution in [3.8, 4) is 0 Å². The Bertz CT molecular complexity index is 1000. The molecule has 2 amide bonds. The molecule has 1 N–H and O–H groups in total. The van der Waals surface area contributed by atoms with Crippen LogP contribution in [0.15, 0.2) is 48.5 Å². The van der Waals surface area contributed by atoms with E-state index in [1.165, 1.54) is 18.2 Å². The summed E-state index contributed by atoms with van der Waals surface area (Å²) in [5, 5.41) is 7.85. The van der Waals surface area contributed by atoms with E-state index in [0.717, 1.165) is 10.9 Å². The first kappa shape index (κ1) is 17.2. The summed E-state index contributed by atoms with van der Waals surface area (Å²) in [6, 6.07) is 13.2. The lowest BCUT2D eigenvalue weighted by atomic mass is 10.2. The Kier molecular flexibility index (Phi) is 4.58. The summed E-state index contributed by atoms with van der Waals surface area (Å²) < 4.78 is 13.4. The average Bonchev–Trinajstić information content (AvgIpc) is 2.96. The molecule has 2 aromatic carbocycles. The van der Waals surface area contributed by atoms with Crippen LogP contribution in [0.3, 0.4) is 0 Å². The van der Waals surface area contributed by atoms with Gasteiger partial charge in [0.2, 0.25) is 0 Å². The van der Waals surface area contributed by atoms with Gasteiger partial charge in [-0.05, 0) is 30.7 Å². The zero-order valence-corrected chi connectivity index (χ0v) is 14.7. The number of carbonyl (C=O) groups excluding carboxylic acids is 2. The third-order valence-corrected chi connectivity index (χ3v) is 4.81. The quantitative estimate of drug-likeness (QED) is 0.758. The number of carbonyl (C=O) groups is 2. The van der Waals surface area contributed by atoms with Gasteiger partial charge in [-0.3, -0.25) is 14.7 Å². The maximum Gasteiger partial charge on any atom is 0.275 e. The molecule has 0 atom stereocenters. The van der Waals surface area contributed by atoms with E-state index in [9.17, 15) is 14.0 Å². The molecule has 4 rings (SSSR count). The maximum absolute atomic E-state index is 13.4. The fraction of sp³-hybridized carbons (Fsp3) is 0.250. The molecule has 0 radical (unpaired) electrons. The number of hydrogen-bond donors (Lipinski definition) is 1. The monoisotopic (exact) mass is 366 g/mol. The van der Waals surface area contributed by atoms with Gasteiger partial charge in [0.15, 0.2) is 5.69 Å². The van der Waals surface area contributed by atoms with Crippen LogP contribution in [0.4, 0.5) is 4.39 Å². The van der Waals surface area contributed by atoms with E-state index in [2.05, 4.69) is 10.2 Å². The minimum absolute atomic E-state index is 0.146. The van der Waals surface area contributed by atoms with Gasteiger partial charge in [-0.2, -0.15) is 5.10 Å². The Morgan fingerprint density at radius 3 is 2.44 bits per heavy atom. The predicted octanol–water partition coefficient (Wildman–Crippen LogP) is 2.69. The summed E-state index contributed by atoms with van der Waals surface area (Å²) in [7, 11) is 0. The van der Waals surface area contributed by atoms with Crippen LogP contribution in [0.5, 0.6) is 0 Å². The summed E-state index contributed by atoms with van der Waals surface area (Å²) in [5.41, 5.74) is 1.54. The van der Waals surface area contributed by atoms with Gasteiger partial charge in [-0.25, -0.2) is 4.39 Å². The van der Waals surface area contributed by atoms with Crippen molar-refractivity contribution in [3.63, 3.8) is 0 Å². The molecule has 0 bridgehead atoms. The first-order valence-corrected chi connectivity index (χ1v) is 8.91.